The second kappa shape index (κ2) is 9.11. The maximum absolute atomic E-state index is 12.7. The molecule has 8 heteroatoms. The molecule has 2 N–H and O–H groups in total. The lowest BCUT2D eigenvalue weighted by molar-refractivity contribution is 0.0954. The highest BCUT2D eigenvalue weighted by atomic mass is 32.2. The van der Waals surface area contributed by atoms with Crippen molar-refractivity contribution in [1.82, 2.24) is 5.32 Å². The number of hydrogen-bond acceptors (Lipinski definition) is 5. The van der Waals surface area contributed by atoms with E-state index in [0.29, 0.717) is 18.7 Å². The second-order valence-electron chi connectivity index (χ2n) is 6.42. The number of hydrogen-bond donors (Lipinski definition) is 2. The molecule has 29 heavy (non-hydrogen) atoms. The van der Waals surface area contributed by atoms with Gasteiger partial charge < -0.3 is 10.1 Å². The Labute approximate surface area is 174 Å². The Bertz CT molecular complexity index is 1080. The van der Waals surface area contributed by atoms with Crippen LogP contribution in [0.5, 0.6) is 5.75 Å². The van der Waals surface area contributed by atoms with Gasteiger partial charge in [0.15, 0.2) is 0 Å². The SMILES string of the molecule is COc1ccc(NS(=O)(=O)c2ccc(C)cc2)c(C(=O)NCCc2cccs2)c1. The quantitative estimate of drug-likeness (QED) is 0.569. The van der Waals surface area contributed by atoms with Gasteiger partial charge in [-0.3, -0.25) is 9.52 Å². The Hall–Kier alpha value is -2.84. The lowest BCUT2D eigenvalue weighted by atomic mass is 10.1. The van der Waals surface area contributed by atoms with Crippen LogP contribution in [0.2, 0.25) is 0 Å². The van der Waals surface area contributed by atoms with Crippen molar-refractivity contribution in [3.8, 4) is 5.75 Å². The van der Waals surface area contributed by atoms with E-state index in [1.165, 1.54) is 31.4 Å². The summed E-state index contributed by atoms with van der Waals surface area (Å²) in [6.45, 7) is 2.33. The summed E-state index contributed by atoms with van der Waals surface area (Å²) in [7, 11) is -2.34. The smallest absolute Gasteiger partial charge is 0.261 e. The maximum atomic E-state index is 12.7. The first-order valence-electron chi connectivity index (χ1n) is 8.97. The largest absolute Gasteiger partial charge is 0.497 e. The molecule has 0 aliphatic heterocycles. The van der Waals surface area contributed by atoms with Gasteiger partial charge in [0.2, 0.25) is 0 Å². The predicted octanol–water partition coefficient (Wildman–Crippen LogP) is 3.84. The highest BCUT2D eigenvalue weighted by Crippen LogP contribution is 2.25. The van der Waals surface area contributed by atoms with Gasteiger partial charge in [0, 0.05) is 11.4 Å². The molecular formula is C21H22N2O4S2. The van der Waals surface area contributed by atoms with Crippen LogP contribution in [-0.4, -0.2) is 28.0 Å². The van der Waals surface area contributed by atoms with Crippen LogP contribution in [0.1, 0.15) is 20.8 Å². The first kappa shape index (κ1) is 20.9. The molecule has 0 aliphatic rings. The number of carbonyl (C=O) groups is 1. The third-order valence-corrected chi connectivity index (χ3v) is 6.60. The van der Waals surface area contributed by atoms with E-state index in [0.717, 1.165) is 10.4 Å². The highest BCUT2D eigenvalue weighted by molar-refractivity contribution is 7.92. The molecule has 0 saturated heterocycles. The van der Waals surface area contributed by atoms with E-state index in [1.54, 1.807) is 29.5 Å². The minimum atomic E-state index is -3.83. The molecule has 1 aromatic heterocycles. The molecule has 0 radical (unpaired) electrons. The van der Waals surface area contributed by atoms with Crippen LogP contribution in [0.25, 0.3) is 0 Å². The van der Waals surface area contributed by atoms with Gasteiger partial charge in [-0.2, -0.15) is 0 Å². The van der Waals surface area contributed by atoms with Crippen LogP contribution in [0.15, 0.2) is 64.9 Å². The number of nitrogens with one attached hydrogen (secondary N) is 2. The number of ether oxygens (including phenoxy) is 1. The number of methoxy groups -OCH3 is 1. The Kier molecular flexibility index (Phi) is 6.56. The molecule has 3 aromatic rings. The van der Waals surface area contributed by atoms with Crippen LogP contribution >= 0.6 is 11.3 Å². The molecule has 0 atom stereocenters. The Balaban J connectivity index is 1.80. The molecule has 1 heterocycles. The molecule has 1 amide bonds. The lowest BCUT2D eigenvalue weighted by Crippen LogP contribution is -2.27. The molecule has 0 fully saturated rings. The number of aryl methyl sites for hydroxylation is 1. The monoisotopic (exact) mass is 430 g/mol. The minimum absolute atomic E-state index is 0.128. The van der Waals surface area contributed by atoms with E-state index in [4.69, 9.17) is 4.74 Å². The first-order valence-corrected chi connectivity index (χ1v) is 11.3. The van der Waals surface area contributed by atoms with Gasteiger partial charge in [0.05, 0.1) is 23.3 Å². The first-order chi connectivity index (χ1) is 13.9. The number of amides is 1. The molecule has 3 rings (SSSR count). The highest BCUT2D eigenvalue weighted by Gasteiger charge is 2.19. The standard InChI is InChI=1S/C21H22N2O4S2/c1-15-5-8-18(9-6-15)29(25,26)23-20-10-7-16(27-2)14-19(20)21(24)22-12-11-17-4-3-13-28-17/h3-10,13-14,23H,11-12H2,1-2H3,(H,22,24). The molecular weight excluding hydrogens is 408 g/mol. The Morgan fingerprint density at radius 1 is 1.10 bits per heavy atom. The molecule has 152 valence electrons. The number of benzene rings is 2. The summed E-state index contributed by atoms with van der Waals surface area (Å²) in [6.07, 6.45) is 0.706. The Morgan fingerprint density at radius 3 is 2.52 bits per heavy atom. The van der Waals surface area contributed by atoms with Crippen molar-refractivity contribution in [3.63, 3.8) is 0 Å². The van der Waals surface area contributed by atoms with Crippen molar-refractivity contribution < 1.29 is 17.9 Å². The third-order valence-electron chi connectivity index (χ3n) is 4.28. The predicted molar refractivity (Wildman–Crippen MR) is 115 cm³/mol. The summed E-state index contributed by atoms with van der Waals surface area (Å²) in [6, 6.07) is 15.1. The summed E-state index contributed by atoms with van der Waals surface area (Å²) in [5.74, 6) is 0.0914. The van der Waals surface area contributed by atoms with Crippen molar-refractivity contribution in [2.75, 3.05) is 18.4 Å². The van der Waals surface area contributed by atoms with E-state index in [9.17, 15) is 13.2 Å². The van der Waals surface area contributed by atoms with Crippen molar-refractivity contribution in [2.24, 2.45) is 0 Å². The van der Waals surface area contributed by atoms with Gasteiger partial charge in [0.1, 0.15) is 5.75 Å². The van der Waals surface area contributed by atoms with Gasteiger partial charge >= 0.3 is 0 Å². The van der Waals surface area contributed by atoms with Crippen molar-refractivity contribution in [3.05, 3.63) is 76.0 Å². The summed E-state index contributed by atoms with van der Waals surface area (Å²) in [4.78, 5) is 14.0. The molecule has 6 nitrogen and oxygen atoms in total. The number of rotatable bonds is 8. The van der Waals surface area contributed by atoms with E-state index >= 15 is 0 Å². The second-order valence-corrected chi connectivity index (χ2v) is 9.13. The number of anilines is 1. The van der Waals surface area contributed by atoms with Crippen molar-refractivity contribution >= 4 is 33.0 Å². The number of carbonyl (C=O) groups excluding carboxylic acids is 1. The molecule has 0 unspecified atom stereocenters. The average molecular weight is 431 g/mol. The van der Waals surface area contributed by atoms with E-state index in [-0.39, 0.29) is 22.1 Å². The van der Waals surface area contributed by atoms with Gasteiger partial charge in [-0.15, -0.1) is 11.3 Å². The van der Waals surface area contributed by atoms with E-state index < -0.39 is 10.0 Å². The van der Waals surface area contributed by atoms with Gasteiger partial charge in [-0.05, 0) is 55.1 Å². The van der Waals surface area contributed by atoms with Crippen LogP contribution in [0.3, 0.4) is 0 Å². The molecule has 0 aliphatic carbocycles. The summed E-state index contributed by atoms with van der Waals surface area (Å²) in [5.41, 5.74) is 1.35. The number of sulfonamides is 1. The van der Waals surface area contributed by atoms with Gasteiger partial charge in [-0.1, -0.05) is 23.8 Å². The van der Waals surface area contributed by atoms with Crippen molar-refractivity contribution in [2.45, 2.75) is 18.2 Å². The fourth-order valence-electron chi connectivity index (χ4n) is 2.70. The van der Waals surface area contributed by atoms with Gasteiger partial charge in [-0.25, -0.2) is 8.42 Å². The maximum Gasteiger partial charge on any atom is 0.261 e. The summed E-state index contributed by atoms with van der Waals surface area (Å²) in [5, 5.41) is 4.82. The van der Waals surface area contributed by atoms with E-state index in [2.05, 4.69) is 10.0 Å². The zero-order chi connectivity index (χ0) is 20.9. The fraction of sp³-hybridized carbons (Fsp3) is 0.190. The Morgan fingerprint density at radius 2 is 1.86 bits per heavy atom. The topological polar surface area (TPSA) is 84.5 Å². The van der Waals surface area contributed by atoms with Crippen LogP contribution < -0.4 is 14.8 Å². The minimum Gasteiger partial charge on any atom is -0.497 e. The molecule has 0 bridgehead atoms. The lowest BCUT2D eigenvalue weighted by Gasteiger charge is -2.14. The summed E-state index contributed by atoms with van der Waals surface area (Å²) < 4.78 is 33.2. The van der Waals surface area contributed by atoms with Crippen LogP contribution in [-0.2, 0) is 16.4 Å². The van der Waals surface area contributed by atoms with Crippen molar-refractivity contribution in [1.29, 1.82) is 0 Å². The molecule has 2 aromatic carbocycles. The summed E-state index contributed by atoms with van der Waals surface area (Å²) >= 11 is 1.62. The van der Waals surface area contributed by atoms with Crippen LogP contribution in [0, 0.1) is 6.92 Å². The molecule has 0 spiro atoms. The van der Waals surface area contributed by atoms with Gasteiger partial charge in [0.25, 0.3) is 15.9 Å². The molecule has 0 saturated carbocycles. The van der Waals surface area contributed by atoms with Crippen LogP contribution in [0.4, 0.5) is 5.69 Å². The zero-order valence-corrected chi connectivity index (χ0v) is 17.8. The average Bonchev–Trinajstić information content (AvgIpc) is 3.22. The third kappa shape index (κ3) is 5.36. The van der Waals surface area contributed by atoms with E-state index in [1.807, 2.05) is 24.4 Å². The zero-order valence-electron chi connectivity index (χ0n) is 16.1. The normalized spacial score (nSPS) is 11.1. The number of thiophene rings is 1. The fourth-order valence-corrected chi connectivity index (χ4v) is 4.49.